The zero-order valence-corrected chi connectivity index (χ0v) is 14.1. The van der Waals surface area contributed by atoms with E-state index in [2.05, 4.69) is 31.3 Å². The number of rotatable bonds is 0. The lowest BCUT2D eigenvalue weighted by Gasteiger charge is -2.31. The van der Waals surface area contributed by atoms with Gasteiger partial charge in [-0.05, 0) is 35.7 Å². The first-order valence-corrected chi connectivity index (χ1v) is 9.25. The van der Waals surface area contributed by atoms with E-state index in [-0.39, 0.29) is 0 Å². The third kappa shape index (κ3) is 2.09. The molecule has 2 aliphatic rings. The Morgan fingerprint density at radius 2 is 1.91 bits per heavy atom. The molecule has 0 aliphatic carbocycles. The Bertz CT molecular complexity index is 906. The van der Waals surface area contributed by atoms with E-state index in [0.29, 0.717) is 22.8 Å². The molecule has 6 heteroatoms. The first kappa shape index (κ1) is 14.0. The summed E-state index contributed by atoms with van der Waals surface area (Å²) in [4.78, 5) is 2.36. The fourth-order valence-electron chi connectivity index (χ4n) is 3.04. The molecule has 4 rings (SSSR count). The van der Waals surface area contributed by atoms with Gasteiger partial charge in [0.1, 0.15) is 4.90 Å². The van der Waals surface area contributed by atoms with Gasteiger partial charge in [-0.2, -0.15) is 8.42 Å². The molecule has 0 N–H and O–H groups in total. The minimum absolute atomic E-state index is 0.308. The maximum absolute atomic E-state index is 12.2. The molecule has 0 unspecified atom stereocenters. The van der Waals surface area contributed by atoms with Crippen molar-refractivity contribution in [3.63, 3.8) is 0 Å². The fraction of sp³-hybridized carbons (Fsp3) is 0.188. The quantitative estimate of drug-likeness (QED) is 0.709. The molecular formula is C16H13BrN2O2S. The van der Waals surface area contributed by atoms with Crippen LogP contribution in [0.1, 0.15) is 16.7 Å². The van der Waals surface area contributed by atoms with Gasteiger partial charge >= 0.3 is 0 Å². The van der Waals surface area contributed by atoms with Crippen molar-refractivity contribution in [3.8, 4) is 0 Å². The zero-order chi connectivity index (χ0) is 15.3. The monoisotopic (exact) mass is 376 g/mol. The molecule has 0 aromatic heterocycles. The van der Waals surface area contributed by atoms with Gasteiger partial charge in [0.25, 0.3) is 10.0 Å². The Kier molecular flexibility index (Phi) is 3.13. The van der Waals surface area contributed by atoms with Gasteiger partial charge < -0.3 is 4.90 Å². The molecule has 2 heterocycles. The summed E-state index contributed by atoms with van der Waals surface area (Å²) in [6.45, 7) is 1.44. The Morgan fingerprint density at radius 3 is 2.77 bits per heavy atom. The lowest BCUT2D eigenvalue weighted by molar-refractivity contribution is 0.394. The van der Waals surface area contributed by atoms with Crippen molar-refractivity contribution >= 4 is 31.8 Å². The average molecular weight is 377 g/mol. The number of halogens is 1. The summed E-state index contributed by atoms with van der Waals surface area (Å²) in [7, 11) is -3.56. The summed E-state index contributed by atoms with van der Waals surface area (Å²) in [6, 6.07) is 13.2. The number of benzene rings is 2. The first-order valence-electron chi connectivity index (χ1n) is 7.02. The highest BCUT2D eigenvalue weighted by molar-refractivity contribution is 9.10. The van der Waals surface area contributed by atoms with Crippen LogP contribution in [-0.4, -0.2) is 25.7 Å². The SMILES string of the molecule is O=S1(=O)N=C(N2CCc3cccc(Br)c3C2)c2ccccc21. The number of hydrogen-bond acceptors (Lipinski definition) is 3. The number of sulfonamides is 1. The van der Waals surface area contributed by atoms with E-state index >= 15 is 0 Å². The van der Waals surface area contributed by atoms with Crippen molar-refractivity contribution in [2.45, 2.75) is 17.9 Å². The van der Waals surface area contributed by atoms with Crippen LogP contribution in [0.15, 0.2) is 56.2 Å². The Morgan fingerprint density at radius 1 is 1.09 bits per heavy atom. The van der Waals surface area contributed by atoms with E-state index in [1.807, 2.05) is 24.3 Å². The van der Waals surface area contributed by atoms with Crippen molar-refractivity contribution in [1.29, 1.82) is 0 Å². The van der Waals surface area contributed by atoms with Crippen LogP contribution < -0.4 is 0 Å². The van der Waals surface area contributed by atoms with Gasteiger partial charge in [0, 0.05) is 23.1 Å². The lowest BCUT2D eigenvalue weighted by Crippen LogP contribution is -2.36. The summed E-state index contributed by atoms with van der Waals surface area (Å²) in [6.07, 6.45) is 0.885. The average Bonchev–Trinajstić information content (AvgIpc) is 2.80. The molecule has 22 heavy (non-hydrogen) atoms. The third-order valence-corrected chi connectivity index (χ3v) is 6.20. The molecule has 0 bridgehead atoms. The second-order valence-electron chi connectivity index (χ2n) is 5.44. The second kappa shape index (κ2) is 4.93. The molecule has 0 saturated heterocycles. The van der Waals surface area contributed by atoms with Crippen LogP contribution in [-0.2, 0) is 23.0 Å². The molecule has 2 aromatic carbocycles. The van der Waals surface area contributed by atoms with Crippen molar-refractivity contribution in [2.75, 3.05) is 6.54 Å². The van der Waals surface area contributed by atoms with Gasteiger partial charge in [0.2, 0.25) is 0 Å². The van der Waals surface area contributed by atoms with Gasteiger partial charge in [-0.3, -0.25) is 0 Å². The van der Waals surface area contributed by atoms with Crippen molar-refractivity contribution in [2.24, 2.45) is 4.40 Å². The standard InChI is InChI=1S/C16H13BrN2O2S/c17-14-6-3-4-11-8-9-19(10-13(11)14)16-12-5-1-2-7-15(12)22(20,21)18-16/h1-7H,8-10H2. The molecule has 2 aliphatic heterocycles. The van der Waals surface area contributed by atoms with E-state index in [1.54, 1.807) is 12.1 Å². The maximum Gasteiger partial charge on any atom is 0.285 e. The highest BCUT2D eigenvalue weighted by atomic mass is 79.9. The number of hydrogen-bond donors (Lipinski definition) is 0. The Balaban J connectivity index is 1.78. The van der Waals surface area contributed by atoms with Gasteiger partial charge in [-0.1, -0.05) is 40.2 Å². The predicted octanol–water partition coefficient (Wildman–Crippen LogP) is 2.96. The molecule has 0 radical (unpaired) electrons. The molecular weight excluding hydrogens is 364 g/mol. The van der Waals surface area contributed by atoms with Gasteiger partial charge in [0.05, 0.1) is 0 Å². The Hall–Kier alpha value is -1.66. The van der Waals surface area contributed by atoms with Crippen LogP contribution in [0.2, 0.25) is 0 Å². The summed E-state index contributed by atoms with van der Waals surface area (Å²) in [5.74, 6) is 0.567. The molecule has 0 saturated carbocycles. The molecule has 0 spiro atoms. The summed E-state index contributed by atoms with van der Waals surface area (Å²) in [5.41, 5.74) is 3.22. The van der Waals surface area contributed by atoms with Crippen LogP contribution in [0.3, 0.4) is 0 Å². The molecule has 0 atom stereocenters. The molecule has 2 aromatic rings. The molecule has 0 fully saturated rings. The van der Waals surface area contributed by atoms with Crippen LogP contribution in [0.25, 0.3) is 0 Å². The first-order chi connectivity index (χ1) is 10.6. The molecule has 0 amide bonds. The van der Waals surface area contributed by atoms with Gasteiger partial charge in [-0.15, -0.1) is 4.40 Å². The molecule has 112 valence electrons. The third-order valence-electron chi connectivity index (χ3n) is 4.13. The number of amidine groups is 1. The fourth-order valence-corrected chi connectivity index (χ4v) is 4.80. The minimum Gasteiger partial charge on any atom is -0.351 e. The second-order valence-corrected chi connectivity index (χ2v) is 7.86. The topological polar surface area (TPSA) is 49.7 Å². The van der Waals surface area contributed by atoms with E-state index in [4.69, 9.17) is 0 Å². The van der Waals surface area contributed by atoms with Crippen LogP contribution >= 0.6 is 15.9 Å². The Labute approximate surface area is 137 Å². The minimum atomic E-state index is -3.56. The summed E-state index contributed by atoms with van der Waals surface area (Å²) in [5, 5.41) is 0. The normalized spacial score (nSPS) is 18.6. The van der Waals surface area contributed by atoms with Gasteiger partial charge in [0.15, 0.2) is 5.84 Å². The van der Waals surface area contributed by atoms with E-state index in [9.17, 15) is 8.42 Å². The van der Waals surface area contributed by atoms with Crippen molar-refractivity contribution in [3.05, 3.63) is 63.6 Å². The zero-order valence-electron chi connectivity index (χ0n) is 11.7. The summed E-state index contributed by atoms with van der Waals surface area (Å²) >= 11 is 3.59. The summed E-state index contributed by atoms with van der Waals surface area (Å²) < 4.78 is 29.5. The van der Waals surface area contributed by atoms with Gasteiger partial charge in [-0.25, -0.2) is 0 Å². The largest absolute Gasteiger partial charge is 0.351 e. The van der Waals surface area contributed by atoms with Crippen molar-refractivity contribution in [1.82, 2.24) is 4.90 Å². The number of nitrogens with zero attached hydrogens (tertiary/aromatic N) is 2. The molecule has 4 nitrogen and oxygen atoms in total. The highest BCUT2D eigenvalue weighted by Gasteiger charge is 2.33. The van der Waals surface area contributed by atoms with E-state index in [1.165, 1.54) is 11.1 Å². The maximum atomic E-state index is 12.2. The van der Waals surface area contributed by atoms with Crippen molar-refractivity contribution < 1.29 is 8.42 Å². The van der Waals surface area contributed by atoms with Crippen LogP contribution in [0.5, 0.6) is 0 Å². The highest BCUT2D eigenvalue weighted by Crippen LogP contribution is 2.32. The van der Waals surface area contributed by atoms with E-state index < -0.39 is 10.0 Å². The van der Waals surface area contributed by atoms with Crippen LogP contribution in [0, 0.1) is 0 Å². The lowest BCUT2D eigenvalue weighted by atomic mass is 9.99. The smallest absolute Gasteiger partial charge is 0.285 e. The predicted molar refractivity (Wildman–Crippen MR) is 88.4 cm³/mol. The number of fused-ring (bicyclic) bond motifs is 2. The van der Waals surface area contributed by atoms with E-state index in [0.717, 1.165) is 17.4 Å². The van der Waals surface area contributed by atoms with Crippen LogP contribution in [0.4, 0.5) is 0 Å².